The van der Waals surface area contributed by atoms with Crippen LogP contribution in [0.3, 0.4) is 0 Å². The van der Waals surface area contributed by atoms with Gasteiger partial charge in [-0.25, -0.2) is 17.4 Å². The van der Waals surface area contributed by atoms with Crippen LogP contribution < -0.4 is 0 Å². The quantitative estimate of drug-likeness (QED) is 0.414. The molecule has 0 amide bonds. The zero-order chi connectivity index (χ0) is 19.9. The van der Waals surface area contributed by atoms with E-state index in [9.17, 15) is 13.2 Å². The zero-order valence-electron chi connectivity index (χ0n) is 14.8. The Hall–Kier alpha value is -2.77. The van der Waals surface area contributed by atoms with Gasteiger partial charge in [-0.3, -0.25) is 4.79 Å². The molecule has 0 atom stereocenters. The summed E-state index contributed by atoms with van der Waals surface area (Å²) in [6.45, 7) is 1.88. The van der Waals surface area contributed by atoms with E-state index in [-0.39, 0.29) is 4.90 Å². The normalized spacial score (nSPS) is 11.6. The summed E-state index contributed by atoms with van der Waals surface area (Å²) in [7, 11) is -3.91. The Morgan fingerprint density at radius 1 is 1.04 bits per heavy atom. The van der Waals surface area contributed by atoms with Gasteiger partial charge in [-0.2, -0.15) is 0 Å². The van der Waals surface area contributed by atoms with Crippen molar-refractivity contribution in [1.29, 1.82) is 0 Å². The summed E-state index contributed by atoms with van der Waals surface area (Å²) < 4.78 is 29.0. The van der Waals surface area contributed by atoms with Crippen LogP contribution in [0, 0.1) is 6.92 Å². The number of aldehydes is 1. The number of rotatable bonds is 4. The summed E-state index contributed by atoms with van der Waals surface area (Å²) in [5.41, 5.74) is 2.77. The number of carbonyl (C=O) groups is 1. The van der Waals surface area contributed by atoms with Crippen LogP contribution in [-0.2, 0) is 10.0 Å². The Kier molecular flexibility index (Phi) is 4.64. The van der Waals surface area contributed by atoms with Crippen molar-refractivity contribution in [3.63, 3.8) is 0 Å². The first-order valence-corrected chi connectivity index (χ1v) is 10.7. The monoisotopic (exact) mass is 454 g/mol. The molecule has 2 heterocycles. The summed E-state index contributed by atoms with van der Waals surface area (Å²) in [6, 6.07) is 17.0. The number of hydrogen-bond acceptors (Lipinski definition) is 4. The van der Waals surface area contributed by atoms with E-state index in [1.54, 1.807) is 66.9 Å². The van der Waals surface area contributed by atoms with Gasteiger partial charge < -0.3 is 0 Å². The lowest BCUT2D eigenvalue weighted by atomic mass is 10.0. The van der Waals surface area contributed by atoms with Crippen molar-refractivity contribution in [2.75, 3.05) is 0 Å². The number of benzene rings is 2. The number of aryl methyl sites for hydroxylation is 1. The molecule has 2 aromatic carbocycles. The van der Waals surface area contributed by atoms with Crippen molar-refractivity contribution >= 4 is 43.3 Å². The maximum absolute atomic E-state index is 13.5. The second-order valence-electron chi connectivity index (χ2n) is 6.33. The van der Waals surface area contributed by atoms with Crippen molar-refractivity contribution in [2.45, 2.75) is 11.8 Å². The minimum absolute atomic E-state index is 0.166. The van der Waals surface area contributed by atoms with Crippen molar-refractivity contribution in [3.8, 4) is 11.3 Å². The Morgan fingerprint density at radius 3 is 2.50 bits per heavy atom. The van der Waals surface area contributed by atoms with E-state index >= 15 is 0 Å². The highest BCUT2D eigenvalue weighted by Crippen LogP contribution is 2.35. The molecule has 0 aliphatic carbocycles. The molecule has 0 aliphatic heterocycles. The van der Waals surface area contributed by atoms with E-state index in [2.05, 4.69) is 20.9 Å². The van der Waals surface area contributed by atoms with Crippen LogP contribution in [0.25, 0.3) is 22.3 Å². The summed E-state index contributed by atoms with van der Waals surface area (Å²) in [4.78, 5) is 15.8. The van der Waals surface area contributed by atoms with Crippen LogP contribution in [0.2, 0.25) is 0 Å². The summed E-state index contributed by atoms with van der Waals surface area (Å²) >= 11 is 3.48. The molecular weight excluding hydrogens is 440 g/mol. The average Bonchev–Trinajstić information content (AvgIpc) is 3.10. The van der Waals surface area contributed by atoms with E-state index in [0.717, 1.165) is 16.3 Å². The Labute approximate surface area is 170 Å². The van der Waals surface area contributed by atoms with Gasteiger partial charge in [0.2, 0.25) is 0 Å². The van der Waals surface area contributed by atoms with Crippen molar-refractivity contribution in [3.05, 3.63) is 82.5 Å². The molecule has 140 valence electrons. The number of aromatic nitrogens is 2. The molecular formula is C21H15BrN2O3S. The highest BCUT2D eigenvalue weighted by atomic mass is 79.9. The zero-order valence-corrected chi connectivity index (χ0v) is 17.2. The Morgan fingerprint density at radius 2 is 1.79 bits per heavy atom. The standard InChI is InChI=1S/C21H15BrN2O3S/c1-14-7-8-15(13-25)11-17(14)20-12-18-19(22)9-10-23-21(18)24(20)28(26,27)16-5-3-2-4-6-16/h2-13H,1H3. The SMILES string of the molecule is Cc1ccc(C=O)cc1-c1cc2c(Br)ccnc2n1S(=O)(=O)c1ccccc1. The third kappa shape index (κ3) is 2.96. The first kappa shape index (κ1) is 18.6. The third-order valence-electron chi connectivity index (χ3n) is 4.56. The van der Waals surface area contributed by atoms with Gasteiger partial charge in [0.1, 0.15) is 6.29 Å². The lowest BCUT2D eigenvalue weighted by molar-refractivity contribution is 0.112. The minimum Gasteiger partial charge on any atom is -0.298 e. The van der Waals surface area contributed by atoms with Crippen LogP contribution >= 0.6 is 15.9 Å². The van der Waals surface area contributed by atoms with Crippen molar-refractivity contribution in [2.24, 2.45) is 0 Å². The van der Waals surface area contributed by atoms with Gasteiger partial charge in [-0.05, 0) is 58.7 Å². The van der Waals surface area contributed by atoms with Gasteiger partial charge in [0.05, 0.1) is 10.6 Å². The van der Waals surface area contributed by atoms with Crippen LogP contribution in [0.1, 0.15) is 15.9 Å². The minimum atomic E-state index is -3.91. The molecule has 0 radical (unpaired) electrons. The average molecular weight is 455 g/mol. The second kappa shape index (κ2) is 7.00. The van der Waals surface area contributed by atoms with Crippen molar-refractivity contribution in [1.82, 2.24) is 8.96 Å². The molecule has 0 N–H and O–H groups in total. The maximum atomic E-state index is 13.5. The van der Waals surface area contributed by atoms with Gasteiger partial charge in [0.15, 0.2) is 5.65 Å². The second-order valence-corrected chi connectivity index (χ2v) is 8.98. The molecule has 0 aliphatic rings. The van der Waals surface area contributed by atoms with E-state index in [4.69, 9.17) is 0 Å². The van der Waals surface area contributed by atoms with Crippen LogP contribution in [0.5, 0.6) is 0 Å². The predicted molar refractivity (Wildman–Crippen MR) is 112 cm³/mol. The molecule has 0 fully saturated rings. The lowest BCUT2D eigenvalue weighted by Gasteiger charge is -2.13. The van der Waals surface area contributed by atoms with Gasteiger partial charge in [0, 0.05) is 27.2 Å². The van der Waals surface area contributed by atoms with E-state index in [0.29, 0.717) is 27.9 Å². The molecule has 0 saturated heterocycles. The molecule has 0 unspecified atom stereocenters. The Balaban J connectivity index is 2.13. The molecule has 0 saturated carbocycles. The molecule has 4 aromatic rings. The van der Waals surface area contributed by atoms with Gasteiger partial charge in [-0.1, -0.05) is 30.3 Å². The maximum Gasteiger partial charge on any atom is 0.269 e. The lowest BCUT2D eigenvalue weighted by Crippen LogP contribution is -2.15. The topological polar surface area (TPSA) is 69.0 Å². The fourth-order valence-corrected chi connectivity index (χ4v) is 5.07. The number of hydrogen-bond donors (Lipinski definition) is 0. The largest absolute Gasteiger partial charge is 0.298 e. The van der Waals surface area contributed by atoms with Gasteiger partial charge >= 0.3 is 0 Å². The number of carbonyl (C=O) groups excluding carboxylic acids is 1. The summed E-state index contributed by atoms with van der Waals surface area (Å²) in [5, 5.41) is 0.674. The molecule has 4 rings (SSSR count). The molecule has 2 aromatic heterocycles. The summed E-state index contributed by atoms with van der Waals surface area (Å²) in [6.07, 6.45) is 2.30. The fourth-order valence-electron chi connectivity index (χ4n) is 3.16. The first-order chi connectivity index (χ1) is 13.4. The molecule has 0 spiro atoms. The number of fused-ring (bicyclic) bond motifs is 1. The number of halogens is 1. The highest BCUT2D eigenvalue weighted by molar-refractivity contribution is 9.10. The van der Waals surface area contributed by atoms with Gasteiger partial charge in [0.25, 0.3) is 10.0 Å². The van der Waals surface area contributed by atoms with Crippen LogP contribution in [0.4, 0.5) is 0 Å². The van der Waals surface area contributed by atoms with Gasteiger partial charge in [-0.15, -0.1) is 0 Å². The molecule has 0 bridgehead atoms. The number of pyridine rings is 1. The van der Waals surface area contributed by atoms with E-state index in [1.807, 2.05) is 6.92 Å². The third-order valence-corrected chi connectivity index (χ3v) is 6.97. The molecule has 28 heavy (non-hydrogen) atoms. The molecule has 7 heteroatoms. The van der Waals surface area contributed by atoms with Crippen LogP contribution in [0.15, 0.2) is 76.2 Å². The van der Waals surface area contributed by atoms with E-state index < -0.39 is 10.0 Å². The fraction of sp³-hybridized carbons (Fsp3) is 0.0476. The number of nitrogens with zero attached hydrogens (tertiary/aromatic N) is 2. The first-order valence-electron chi connectivity index (χ1n) is 8.46. The highest BCUT2D eigenvalue weighted by Gasteiger charge is 2.26. The van der Waals surface area contributed by atoms with E-state index in [1.165, 1.54) is 3.97 Å². The molecule has 5 nitrogen and oxygen atoms in total. The summed E-state index contributed by atoms with van der Waals surface area (Å²) in [5.74, 6) is 0. The predicted octanol–water partition coefficient (Wildman–Crippen LogP) is 4.82. The van der Waals surface area contributed by atoms with Crippen LogP contribution in [-0.4, -0.2) is 23.7 Å². The van der Waals surface area contributed by atoms with Crippen molar-refractivity contribution < 1.29 is 13.2 Å². The smallest absolute Gasteiger partial charge is 0.269 e. The Bertz CT molecular complexity index is 1310.